The van der Waals surface area contributed by atoms with Gasteiger partial charge in [0.2, 0.25) is 6.93 Å². The van der Waals surface area contributed by atoms with Crippen LogP contribution < -0.4 is 10.5 Å². The van der Waals surface area contributed by atoms with Gasteiger partial charge in [0, 0.05) is 6.04 Å². The van der Waals surface area contributed by atoms with Crippen LogP contribution in [0, 0.1) is 0 Å². The molecular weight excluding hydrogens is 219 g/mol. The monoisotopic (exact) mass is 235 g/mol. The highest BCUT2D eigenvalue weighted by Gasteiger charge is 1.98. The average molecular weight is 235 g/mol. The van der Waals surface area contributed by atoms with Gasteiger partial charge in [0.25, 0.3) is 0 Å². The third-order valence-corrected chi connectivity index (χ3v) is 1.75. The molecule has 2 nitrogen and oxygen atoms in total. The predicted molar refractivity (Wildman–Crippen MR) is 57.6 cm³/mol. The third kappa shape index (κ3) is 6.29. The van der Waals surface area contributed by atoms with Gasteiger partial charge in [-0.05, 0) is 24.6 Å². The van der Waals surface area contributed by atoms with Crippen molar-refractivity contribution >= 4 is 0 Å². The third-order valence-electron chi connectivity index (χ3n) is 1.75. The van der Waals surface area contributed by atoms with Crippen molar-refractivity contribution in [1.82, 2.24) is 0 Å². The van der Waals surface area contributed by atoms with E-state index < -0.39 is 13.6 Å². The number of halogens is 3. The molecule has 0 saturated heterocycles. The lowest BCUT2D eigenvalue weighted by atomic mass is 10.1. The molecule has 0 aromatic heterocycles. The van der Waals surface area contributed by atoms with Crippen molar-refractivity contribution in [1.29, 1.82) is 0 Å². The van der Waals surface area contributed by atoms with Crippen LogP contribution in [0.3, 0.4) is 0 Å². The van der Waals surface area contributed by atoms with Crippen molar-refractivity contribution in [2.75, 3.05) is 20.2 Å². The molecule has 1 aromatic carbocycles. The summed E-state index contributed by atoms with van der Waals surface area (Å²) in [5, 5.41) is 0. The molecule has 1 rings (SSSR count). The molecule has 0 fully saturated rings. The molecule has 1 unspecified atom stereocenters. The molecule has 0 aliphatic carbocycles. The summed E-state index contributed by atoms with van der Waals surface area (Å²) in [5.74, 6) is 0.682. The van der Waals surface area contributed by atoms with Crippen LogP contribution in [-0.2, 0) is 0 Å². The molecule has 5 heteroatoms. The van der Waals surface area contributed by atoms with Gasteiger partial charge >= 0.3 is 0 Å². The van der Waals surface area contributed by atoms with Crippen molar-refractivity contribution in [3.63, 3.8) is 0 Å². The first-order valence-corrected chi connectivity index (χ1v) is 4.82. The topological polar surface area (TPSA) is 35.2 Å². The maximum atomic E-state index is 11.7. The zero-order chi connectivity index (χ0) is 12.4. The molecule has 1 aromatic rings. The fourth-order valence-corrected chi connectivity index (χ4v) is 1.02. The SMILES string of the molecule is CC(N)c1ccc(OCCF)cc1.FCF. The summed E-state index contributed by atoms with van der Waals surface area (Å²) >= 11 is 0. The minimum absolute atomic E-state index is 0.0234. The Morgan fingerprint density at radius 2 is 1.69 bits per heavy atom. The van der Waals surface area contributed by atoms with Crippen LogP contribution in [0.4, 0.5) is 13.2 Å². The smallest absolute Gasteiger partial charge is 0.229 e. The standard InChI is InChI=1S/C10H14FNO.CH2F2/c1-8(12)9-2-4-10(5-3-9)13-7-6-11;2-1-3/h2-5,8H,6-7,12H2,1H3;1H2. The summed E-state index contributed by atoms with van der Waals surface area (Å²) in [7, 11) is 0. The van der Waals surface area contributed by atoms with Gasteiger partial charge in [0.05, 0.1) is 0 Å². The van der Waals surface area contributed by atoms with Gasteiger partial charge in [-0.1, -0.05) is 12.1 Å². The Hall–Kier alpha value is -1.23. The number of nitrogens with two attached hydrogens (primary N) is 1. The maximum absolute atomic E-state index is 11.7. The van der Waals surface area contributed by atoms with Crippen LogP contribution >= 0.6 is 0 Å². The van der Waals surface area contributed by atoms with Crippen molar-refractivity contribution in [3.05, 3.63) is 29.8 Å². The second-order valence-electron chi connectivity index (χ2n) is 3.00. The van der Waals surface area contributed by atoms with E-state index in [-0.39, 0.29) is 12.6 Å². The fraction of sp³-hybridized carbons (Fsp3) is 0.455. The Balaban J connectivity index is 0.000000673. The Labute approximate surface area is 93.2 Å². The van der Waals surface area contributed by atoms with Gasteiger partial charge in [0.1, 0.15) is 19.0 Å². The molecule has 0 heterocycles. The summed E-state index contributed by atoms with van der Waals surface area (Å²) < 4.78 is 36.1. The van der Waals surface area contributed by atoms with E-state index in [4.69, 9.17) is 10.5 Å². The van der Waals surface area contributed by atoms with E-state index >= 15 is 0 Å². The molecule has 0 amide bonds. The van der Waals surface area contributed by atoms with E-state index in [9.17, 15) is 13.2 Å². The summed E-state index contributed by atoms with van der Waals surface area (Å²) in [6, 6.07) is 7.40. The molecule has 1 atom stereocenters. The fourth-order valence-electron chi connectivity index (χ4n) is 1.02. The van der Waals surface area contributed by atoms with E-state index in [0.29, 0.717) is 5.75 Å². The van der Waals surface area contributed by atoms with Crippen LogP contribution in [0.25, 0.3) is 0 Å². The minimum Gasteiger partial charge on any atom is -0.491 e. The van der Waals surface area contributed by atoms with Gasteiger partial charge in [0.15, 0.2) is 0 Å². The molecule has 0 spiro atoms. The van der Waals surface area contributed by atoms with E-state index in [1.165, 1.54) is 0 Å². The quantitative estimate of drug-likeness (QED) is 0.870. The highest BCUT2D eigenvalue weighted by molar-refractivity contribution is 5.28. The number of rotatable bonds is 4. The summed E-state index contributed by atoms with van der Waals surface area (Å²) in [6.45, 7) is -0.190. The zero-order valence-electron chi connectivity index (χ0n) is 9.13. The van der Waals surface area contributed by atoms with E-state index in [2.05, 4.69) is 0 Å². The Kier molecular flexibility index (Phi) is 8.34. The van der Waals surface area contributed by atoms with Crippen LogP contribution in [0.1, 0.15) is 18.5 Å². The van der Waals surface area contributed by atoms with Gasteiger partial charge in [-0.3, -0.25) is 0 Å². The van der Waals surface area contributed by atoms with Crippen molar-refractivity contribution in [2.24, 2.45) is 5.73 Å². The maximum Gasteiger partial charge on any atom is 0.229 e. The second-order valence-corrected chi connectivity index (χ2v) is 3.00. The normalized spacial score (nSPS) is 11.3. The van der Waals surface area contributed by atoms with E-state index in [1.54, 1.807) is 12.1 Å². The van der Waals surface area contributed by atoms with Gasteiger partial charge in [-0.25, -0.2) is 13.2 Å². The van der Waals surface area contributed by atoms with Gasteiger partial charge in [-0.2, -0.15) is 0 Å². The van der Waals surface area contributed by atoms with Crippen molar-refractivity contribution in [3.8, 4) is 5.75 Å². The second kappa shape index (κ2) is 9.03. The van der Waals surface area contributed by atoms with Crippen LogP contribution in [0.15, 0.2) is 24.3 Å². The summed E-state index contributed by atoms with van der Waals surface area (Å²) in [6.07, 6.45) is 0. The Bertz CT molecular complexity index is 264. The highest BCUT2D eigenvalue weighted by Crippen LogP contribution is 2.15. The lowest BCUT2D eigenvalue weighted by Gasteiger charge is -2.07. The van der Waals surface area contributed by atoms with Crippen molar-refractivity contribution in [2.45, 2.75) is 13.0 Å². The first-order valence-electron chi connectivity index (χ1n) is 4.82. The highest BCUT2D eigenvalue weighted by atomic mass is 19.3. The zero-order valence-corrected chi connectivity index (χ0v) is 9.13. The molecule has 0 aliphatic heterocycles. The first kappa shape index (κ1) is 14.8. The summed E-state index contributed by atoms with van der Waals surface area (Å²) in [4.78, 5) is 0. The Morgan fingerprint density at radius 3 is 2.06 bits per heavy atom. The molecule has 0 radical (unpaired) electrons. The molecule has 0 saturated carbocycles. The van der Waals surface area contributed by atoms with Crippen LogP contribution in [0.5, 0.6) is 5.75 Å². The number of benzene rings is 1. The molecule has 92 valence electrons. The largest absolute Gasteiger partial charge is 0.491 e. The Morgan fingerprint density at radius 1 is 1.19 bits per heavy atom. The molecular formula is C11H16F3NO. The first-order chi connectivity index (χ1) is 7.65. The molecule has 16 heavy (non-hydrogen) atoms. The summed E-state index contributed by atoms with van der Waals surface area (Å²) in [5.41, 5.74) is 6.71. The lowest BCUT2D eigenvalue weighted by molar-refractivity contribution is 0.273. The van der Waals surface area contributed by atoms with Gasteiger partial charge < -0.3 is 10.5 Å². The van der Waals surface area contributed by atoms with Crippen LogP contribution in [-0.4, -0.2) is 20.2 Å². The number of hydrogen-bond donors (Lipinski definition) is 1. The minimum atomic E-state index is -1.75. The lowest BCUT2D eigenvalue weighted by Crippen LogP contribution is -2.04. The molecule has 2 N–H and O–H groups in total. The molecule has 0 aliphatic rings. The number of alkyl halides is 3. The number of ether oxygens (including phenoxy) is 1. The average Bonchev–Trinajstić information content (AvgIpc) is 2.28. The van der Waals surface area contributed by atoms with E-state index in [1.807, 2.05) is 19.1 Å². The van der Waals surface area contributed by atoms with Crippen molar-refractivity contribution < 1.29 is 17.9 Å². The molecule has 0 bridgehead atoms. The van der Waals surface area contributed by atoms with Crippen LogP contribution in [0.2, 0.25) is 0 Å². The van der Waals surface area contributed by atoms with Gasteiger partial charge in [-0.15, -0.1) is 0 Å². The predicted octanol–water partition coefficient (Wildman–Crippen LogP) is 2.94. The number of hydrogen-bond acceptors (Lipinski definition) is 2. The van der Waals surface area contributed by atoms with E-state index in [0.717, 1.165) is 5.56 Å².